The van der Waals surface area contributed by atoms with Crippen LogP contribution in [0.4, 0.5) is 13.2 Å². The van der Waals surface area contributed by atoms with Crippen molar-refractivity contribution in [3.05, 3.63) is 0 Å². The van der Waals surface area contributed by atoms with Gasteiger partial charge in [-0.1, -0.05) is 19.8 Å². The summed E-state index contributed by atoms with van der Waals surface area (Å²) in [5, 5.41) is -0.915. The van der Waals surface area contributed by atoms with Crippen molar-refractivity contribution in [2.75, 3.05) is 0 Å². The van der Waals surface area contributed by atoms with Crippen LogP contribution in [0.1, 0.15) is 46.0 Å². The molecule has 0 bridgehead atoms. The minimum atomic E-state index is -4.63. The van der Waals surface area contributed by atoms with Crippen LogP contribution in [0.2, 0.25) is 0 Å². The molecular formula is C10H17F3O3S. The van der Waals surface area contributed by atoms with Gasteiger partial charge in [0.1, 0.15) is 0 Å². The average molecular weight is 274 g/mol. The number of hydrogen-bond acceptors (Lipinski definition) is 3. The molecule has 1 aliphatic carbocycles. The van der Waals surface area contributed by atoms with Crippen LogP contribution in [-0.4, -0.2) is 25.4 Å². The zero-order chi connectivity index (χ0) is 13.3. The van der Waals surface area contributed by atoms with Crippen LogP contribution in [0.3, 0.4) is 0 Å². The van der Waals surface area contributed by atoms with Crippen LogP contribution in [0.25, 0.3) is 0 Å². The second-order valence-electron chi connectivity index (χ2n) is 4.49. The molecule has 0 aliphatic heterocycles. The summed E-state index contributed by atoms with van der Waals surface area (Å²) in [5.41, 5.74) is -2.49. The highest BCUT2D eigenvalue weighted by Crippen LogP contribution is 2.47. The zero-order valence-electron chi connectivity index (χ0n) is 9.88. The lowest BCUT2D eigenvalue weighted by molar-refractivity contribution is -0.244. The minimum absolute atomic E-state index is 0.232. The first-order valence-electron chi connectivity index (χ1n) is 5.66. The monoisotopic (exact) mass is 274 g/mol. The lowest BCUT2D eigenvalue weighted by atomic mass is 10.0. The molecule has 1 unspecified atom stereocenters. The third-order valence-corrected chi connectivity index (χ3v) is 5.14. The highest BCUT2D eigenvalue weighted by Gasteiger charge is 2.59. The summed E-state index contributed by atoms with van der Waals surface area (Å²) in [6, 6.07) is 0. The van der Waals surface area contributed by atoms with Crippen molar-refractivity contribution >= 4 is 10.1 Å². The Hall–Kier alpha value is -0.300. The molecule has 0 aromatic heterocycles. The van der Waals surface area contributed by atoms with Gasteiger partial charge >= 0.3 is 6.18 Å². The normalized spacial score (nSPS) is 22.6. The Kier molecular flexibility index (Phi) is 4.13. The molecule has 102 valence electrons. The van der Waals surface area contributed by atoms with Crippen LogP contribution >= 0.6 is 0 Å². The molecule has 0 aromatic carbocycles. The van der Waals surface area contributed by atoms with E-state index in [0.717, 1.165) is 0 Å². The molecule has 0 amide bonds. The van der Waals surface area contributed by atoms with Crippen LogP contribution < -0.4 is 0 Å². The van der Waals surface area contributed by atoms with Gasteiger partial charge in [0.25, 0.3) is 10.1 Å². The molecule has 0 spiro atoms. The van der Waals surface area contributed by atoms with Crippen molar-refractivity contribution in [1.82, 2.24) is 0 Å². The quantitative estimate of drug-likeness (QED) is 0.740. The molecule has 0 aromatic rings. The number of rotatable bonds is 4. The van der Waals surface area contributed by atoms with E-state index in [2.05, 4.69) is 4.18 Å². The predicted octanol–water partition coefficient (Wildman–Crippen LogP) is 3.01. The Morgan fingerprint density at radius 3 is 2.12 bits per heavy atom. The fourth-order valence-electron chi connectivity index (χ4n) is 1.87. The summed E-state index contributed by atoms with van der Waals surface area (Å²) in [6.07, 6.45) is -4.26. The second-order valence-corrected chi connectivity index (χ2v) is 6.45. The average Bonchev–Trinajstić information content (AvgIpc) is 2.64. The molecular weight excluding hydrogens is 257 g/mol. The van der Waals surface area contributed by atoms with Crippen molar-refractivity contribution in [2.45, 2.75) is 63.0 Å². The van der Waals surface area contributed by atoms with Crippen molar-refractivity contribution in [3.8, 4) is 0 Å². The van der Waals surface area contributed by atoms with E-state index >= 15 is 0 Å². The zero-order valence-corrected chi connectivity index (χ0v) is 10.7. The summed E-state index contributed by atoms with van der Waals surface area (Å²) in [6.45, 7) is 2.95. The van der Waals surface area contributed by atoms with Crippen molar-refractivity contribution < 1.29 is 25.8 Å². The maximum atomic E-state index is 12.9. The number of halogens is 3. The Labute approximate surface area is 99.5 Å². The first kappa shape index (κ1) is 14.8. The van der Waals surface area contributed by atoms with Gasteiger partial charge in [-0.15, -0.1) is 0 Å². The molecule has 3 nitrogen and oxygen atoms in total. The summed E-state index contributed by atoms with van der Waals surface area (Å²) in [5.74, 6) is 0. The van der Waals surface area contributed by atoms with E-state index in [1.54, 1.807) is 6.92 Å². The minimum Gasteiger partial charge on any atom is -0.254 e. The van der Waals surface area contributed by atoms with E-state index in [0.29, 0.717) is 12.8 Å². The second kappa shape index (κ2) is 4.76. The highest BCUT2D eigenvalue weighted by atomic mass is 32.2. The molecule has 17 heavy (non-hydrogen) atoms. The van der Waals surface area contributed by atoms with Crippen molar-refractivity contribution in [3.63, 3.8) is 0 Å². The smallest absolute Gasteiger partial charge is 0.254 e. The lowest BCUT2D eigenvalue weighted by Crippen LogP contribution is -2.47. The van der Waals surface area contributed by atoms with E-state index in [9.17, 15) is 21.6 Å². The lowest BCUT2D eigenvalue weighted by Gasteiger charge is -2.31. The fourth-order valence-corrected chi connectivity index (χ4v) is 3.15. The third-order valence-electron chi connectivity index (χ3n) is 3.27. The Morgan fingerprint density at radius 2 is 1.76 bits per heavy atom. The van der Waals surface area contributed by atoms with Gasteiger partial charge in [-0.25, -0.2) is 0 Å². The van der Waals surface area contributed by atoms with Gasteiger partial charge in [-0.3, -0.25) is 4.18 Å². The molecule has 1 saturated carbocycles. The standard InChI is InChI=1S/C10H17F3O3S/c1-3-8(2)17(14,15)16-9(10(11,12)13)6-4-5-7-9/h8H,3-7H2,1-2H3. The van der Waals surface area contributed by atoms with Gasteiger partial charge < -0.3 is 0 Å². The van der Waals surface area contributed by atoms with Gasteiger partial charge in [0.05, 0.1) is 5.25 Å². The summed E-state index contributed by atoms with van der Waals surface area (Å²) in [7, 11) is -4.16. The SMILES string of the molecule is CCC(C)S(=O)(=O)OC1(C(F)(F)F)CCCC1. The van der Waals surface area contributed by atoms with Crippen molar-refractivity contribution in [1.29, 1.82) is 0 Å². The Balaban J connectivity index is 2.97. The fraction of sp³-hybridized carbons (Fsp3) is 1.00. The van der Waals surface area contributed by atoms with Gasteiger partial charge in [0.2, 0.25) is 0 Å². The highest BCUT2D eigenvalue weighted by molar-refractivity contribution is 7.87. The Bertz CT molecular complexity index is 355. The van der Waals surface area contributed by atoms with Gasteiger partial charge in [-0.2, -0.15) is 21.6 Å². The molecule has 0 saturated heterocycles. The van der Waals surface area contributed by atoms with E-state index in [4.69, 9.17) is 0 Å². The largest absolute Gasteiger partial charge is 0.418 e. The van der Waals surface area contributed by atoms with E-state index in [1.807, 2.05) is 0 Å². The van der Waals surface area contributed by atoms with Crippen LogP contribution in [0.5, 0.6) is 0 Å². The molecule has 1 fully saturated rings. The molecule has 0 radical (unpaired) electrons. The molecule has 0 heterocycles. The Morgan fingerprint density at radius 1 is 1.29 bits per heavy atom. The van der Waals surface area contributed by atoms with E-state index in [-0.39, 0.29) is 19.3 Å². The van der Waals surface area contributed by atoms with Gasteiger partial charge in [0.15, 0.2) is 5.60 Å². The maximum absolute atomic E-state index is 12.9. The van der Waals surface area contributed by atoms with E-state index < -0.39 is 27.1 Å². The van der Waals surface area contributed by atoms with Crippen molar-refractivity contribution in [2.24, 2.45) is 0 Å². The van der Waals surface area contributed by atoms with Crippen LogP contribution in [-0.2, 0) is 14.3 Å². The molecule has 1 atom stereocenters. The molecule has 0 N–H and O–H groups in total. The number of alkyl halides is 3. The first-order valence-corrected chi connectivity index (χ1v) is 7.13. The molecule has 1 aliphatic rings. The third kappa shape index (κ3) is 2.93. The molecule has 1 rings (SSSR count). The van der Waals surface area contributed by atoms with Crippen LogP contribution in [0, 0.1) is 0 Å². The topological polar surface area (TPSA) is 43.4 Å². The summed E-state index contributed by atoms with van der Waals surface area (Å²) in [4.78, 5) is 0. The molecule has 7 heteroatoms. The maximum Gasteiger partial charge on any atom is 0.418 e. The van der Waals surface area contributed by atoms with Gasteiger partial charge in [0, 0.05) is 0 Å². The first-order chi connectivity index (χ1) is 7.65. The van der Waals surface area contributed by atoms with Gasteiger partial charge in [-0.05, 0) is 26.2 Å². The predicted molar refractivity (Wildman–Crippen MR) is 57.0 cm³/mol. The summed E-state index contributed by atoms with van der Waals surface area (Å²) < 4.78 is 66.6. The van der Waals surface area contributed by atoms with E-state index in [1.165, 1.54) is 6.92 Å². The van der Waals surface area contributed by atoms with Crippen LogP contribution in [0.15, 0.2) is 0 Å². The summed E-state index contributed by atoms with van der Waals surface area (Å²) >= 11 is 0. The number of hydrogen-bond donors (Lipinski definition) is 0.